The molecule has 1 heterocycles. The molecule has 1 unspecified atom stereocenters. The minimum atomic E-state index is -3.74. The Morgan fingerprint density at radius 3 is 2.87 bits per heavy atom. The van der Waals surface area contributed by atoms with Gasteiger partial charge in [-0.3, -0.25) is 4.72 Å². The number of anilines is 1. The second kappa shape index (κ2) is 6.20. The number of nitrogens with one attached hydrogen (secondary N) is 2. The molecule has 1 aromatic heterocycles. The largest absolute Gasteiger partial charge is 0.380 e. The lowest BCUT2D eigenvalue weighted by Gasteiger charge is -2.16. The van der Waals surface area contributed by atoms with E-state index in [-0.39, 0.29) is 29.3 Å². The van der Waals surface area contributed by atoms with Gasteiger partial charge in [-0.15, -0.1) is 10.2 Å². The summed E-state index contributed by atoms with van der Waals surface area (Å²) in [4.78, 5) is 0. The van der Waals surface area contributed by atoms with Crippen LogP contribution in [0.3, 0.4) is 0 Å². The summed E-state index contributed by atoms with van der Waals surface area (Å²) in [5, 5.41) is 13.3. The van der Waals surface area contributed by atoms with Crippen LogP contribution in [-0.2, 0) is 14.8 Å². The molecule has 2 N–H and O–H groups in total. The molecule has 0 spiro atoms. The van der Waals surface area contributed by atoms with E-state index in [1.165, 1.54) is 19.2 Å². The van der Waals surface area contributed by atoms with E-state index in [1.54, 1.807) is 0 Å². The SMILES string of the molecule is COC(CS(=O)(=O)Nc1cc(-c2nn[nH]n2)ccc1F)C1CC1. The maximum atomic E-state index is 13.9. The lowest BCUT2D eigenvalue weighted by atomic mass is 10.2. The smallest absolute Gasteiger partial charge is 0.235 e. The van der Waals surface area contributed by atoms with Crippen LogP contribution in [0, 0.1) is 11.7 Å². The molecule has 1 aliphatic carbocycles. The third-order valence-corrected chi connectivity index (χ3v) is 4.97. The van der Waals surface area contributed by atoms with Crippen molar-refractivity contribution in [3.8, 4) is 11.4 Å². The standard InChI is InChI=1S/C13H16FN5O3S/c1-22-12(8-2-3-8)7-23(20,21)17-11-6-9(4-5-10(11)14)13-15-18-19-16-13/h4-6,8,12,17H,2-3,7H2,1H3,(H,15,16,18,19). The number of tetrazole rings is 1. The molecular weight excluding hydrogens is 325 g/mol. The molecule has 1 atom stereocenters. The van der Waals surface area contributed by atoms with Crippen molar-refractivity contribution >= 4 is 15.7 Å². The molecule has 124 valence electrons. The second-order valence-electron chi connectivity index (χ2n) is 5.43. The first-order chi connectivity index (χ1) is 11.0. The number of H-pyrrole nitrogens is 1. The van der Waals surface area contributed by atoms with Crippen molar-refractivity contribution in [1.82, 2.24) is 20.6 Å². The topological polar surface area (TPSA) is 110 Å². The lowest BCUT2D eigenvalue weighted by Crippen LogP contribution is -2.29. The van der Waals surface area contributed by atoms with Crippen LogP contribution in [0.5, 0.6) is 0 Å². The van der Waals surface area contributed by atoms with E-state index in [2.05, 4.69) is 25.3 Å². The van der Waals surface area contributed by atoms with Gasteiger partial charge in [-0.2, -0.15) is 5.21 Å². The van der Waals surface area contributed by atoms with Gasteiger partial charge in [0.15, 0.2) is 0 Å². The van der Waals surface area contributed by atoms with Gasteiger partial charge < -0.3 is 4.74 Å². The number of aromatic nitrogens is 4. The third kappa shape index (κ3) is 3.82. The Hall–Kier alpha value is -2.07. The summed E-state index contributed by atoms with van der Waals surface area (Å²) in [6.45, 7) is 0. The molecule has 23 heavy (non-hydrogen) atoms. The van der Waals surface area contributed by atoms with Gasteiger partial charge >= 0.3 is 0 Å². The van der Waals surface area contributed by atoms with E-state index in [9.17, 15) is 12.8 Å². The zero-order chi connectivity index (χ0) is 16.4. The van der Waals surface area contributed by atoms with Gasteiger partial charge in [-0.25, -0.2) is 12.8 Å². The number of halogens is 1. The van der Waals surface area contributed by atoms with E-state index in [4.69, 9.17) is 4.74 Å². The van der Waals surface area contributed by atoms with Crippen LogP contribution in [0.25, 0.3) is 11.4 Å². The number of sulfonamides is 1. The average Bonchev–Trinajstić information content (AvgIpc) is 3.21. The van der Waals surface area contributed by atoms with Crippen molar-refractivity contribution in [2.75, 3.05) is 17.6 Å². The van der Waals surface area contributed by atoms with Crippen molar-refractivity contribution in [3.05, 3.63) is 24.0 Å². The molecule has 0 radical (unpaired) electrons. The maximum Gasteiger partial charge on any atom is 0.235 e. The molecule has 0 saturated heterocycles. The second-order valence-corrected chi connectivity index (χ2v) is 7.19. The number of hydrogen-bond acceptors (Lipinski definition) is 6. The fourth-order valence-corrected chi connectivity index (χ4v) is 3.73. The summed E-state index contributed by atoms with van der Waals surface area (Å²) in [6, 6.07) is 3.93. The van der Waals surface area contributed by atoms with Gasteiger partial charge in [0.1, 0.15) is 5.82 Å². The van der Waals surface area contributed by atoms with E-state index in [0.29, 0.717) is 5.56 Å². The lowest BCUT2D eigenvalue weighted by molar-refractivity contribution is 0.103. The predicted molar refractivity (Wildman–Crippen MR) is 80.5 cm³/mol. The Bertz CT molecular complexity index is 777. The average molecular weight is 341 g/mol. The monoisotopic (exact) mass is 341 g/mol. The van der Waals surface area contributed by atoms with Gasteiger partial charge in [-0.1, -0.05) is 0 Å². The number of ether oxygens (including phenoxy) is 1. The molecule has 0 bridgehead atoms. The number of methoxy groups -OCH3 is 1. The van der Waals surface area contributed by atoms with Gasteiger partial charge in [0.05, 0.1) is 17.5 Å². The first kappa shape index (κ1) is 15.8. The van der Waals surface area contributed by atoms with E-state index in [0.717, 1.165) is 18.9 Å². The van der Waals surface area contributed by atoms with Crippen molar-refractivity contribution in [2.45, 2.75) is 18.9 Å². The minimum absolute atomic E-state index is 0.155. The van der Waals surface area contributed by atoms with Crippen LogP contribution >= 0.6 is 0 Å². The Balaban J connectivity index is 1.79. The first-order valence-electron chi connectivity index (χ1n) is 7.05. The molecule has 2 aromatic rings. The normalized spacial score (nSPS) is 16.3. The van der Waals surface area contributed by atoms with E-state index >= 15 is 0 Å². The zero-order valence-corrected chi connectivity index (χ0v) is 13.2. The molecule has 0 aliphatic heterocycles. The third-order valence-electron chi connectivity index (χ3n) is 3.67. The maximum absolute atomic E-state index is 13.9. The zero-order valence-electron chi connectivity index (χ0n) is 12.4. The van der Waals surface area contributed by atoms with Gasteiger partial charge in [0, 0.05) is 12.7 Å². The van der Waals surface area contributed by atoms with Crippen LogP contribution in [0.2, 0.25) is 0 Å². The van der Waals surface area contributed by atoms with Crippen LogP contribution < -0.4 is 4.72 Å². The van der Waals surface area contributed by atoms with E-state index < -0.39 is 15.8 Å². The van der Waals surface area contributed by atoms with Gasteiger partial charge in [0.25, 0.3) is 0 Å². The molecule has 0 amide bonds. The molecule has 1 aliphatic rings. The molecule has 1 fully saturated rings. The van der Waals surface area contributed by atoms with E-state index in [1.807, 2.05) is 0 Å². The van der Waals surface area contributed by atoms with Crippen LogP contribution in [0.1, 0.15) is 12.8 Å². The fraction of sp³-hybridized carbons (Fsp3) is 0.462. The fourth-order valence-electron chi connectivity index (χ4n) is 2.32. The van der Waals surface area contributed by atoms with Crippen molar-refractivity contribution in [3.63, 3.8) is 0 Å². The van der Waals surface area contributed by atoms with Gasteiger partial charge in [-0.05, 0) is 42.2 Å². The summed E-state index contributed by atoms with van der Waals surface area (Å²) in [6.07, 6.45) is 1.53. The molecule has 1 saturated carbocycles. The van der Waals surface area contributed by atoms with Crippen molar-refractivity contribution in [1.29, 1.82) is 0 Å². The Morgan fingerprint density at radius 1 is 1.48 bits per heavy atom. The quantitative estimate of drug-likeness (QED) is 0.782. The molecule has 10 heteroatoms. The highest BCUT2D eigenvalue weighted by atomic mass is 32.2. The summed E-state index contributed by atoms with van der Waals surface area (Å²) in [7, 11) is -2.26. The van der Waals surface area contributed by atoms with Crippen molar-refractivity contribution in [2.24, 2.45) is 5.92 Å². The highest BCUT2D eigenvalue weighted by Crippen LogP contribution is 2.35. The molecule has 1 aromatic carbocycles. The summed E-state index contributed by atoms with van der Waals surface area (Å²) in [5.74, 6) is -0.383. The predicted octanol–water partition coefficient (Wildman–Crippen LogP) is 1.17. The highest BCUT2D eigenvalue weighted by molar-refractivity contribution is 7.92. The molecule has 3 rings (SSSR count). The van der Waals surface area contributed by atoms with Crippen LogP contribution in [-0.4, -0.2) is 48.0 Å². The summed E-state index contributed by atoms with van der Waals surface area (Å²) >= 11 is 0. The Kier molecular flexibility index (Phi) is 4.26. The number of hydrogen-bond donors (Lipinski definition) is 2. The summed E-state index contributed by atoms with van der Waals surface area (Å²) < 4.78 is 45.9. The van der Waals surface area contributed by atoms with Crippen molar-refractivity contribution < 1.29 is 17.5 Å². The first-order valence-corrected chi connectivity index (χ1v) is 8.70. The van der Waals surface area contributed by atoms with Gasteiger partial charge in [0.2, 0.25) is 15.8 Å². The van der Waals surface area contributed by atoms with Crippen LogP contribution in [0.4, 0.5) is 10.1 Å². The molecule has 8 nitrogen and oxygen atoms in total. The highest BCUT2D eigenvalue weighted by Gasteiger charge is 2.34. The number of rotatable bonds is 7. The number of nitrogens with zero attached hydrogens (tertiary/aromatic N) is 3. The van der Waals surface area contributed by atoms with Crippen LogP contribution in [0.15, 0.2) is 18.2 Å². The minimum Gasteiger partial charge on any atom is -0.380 e. The Morgan fingerprint density at radius 2 is 2.26 bits per heavy atom. The number of aromatic amines is 1. The number of benzene rings is 1. The Labute approximate surface area is 132 Å². The molecular formula is C13H16FN5O3S. The summed E-state index contributed by atoms with van der Waals surface area (Å²) in [5.41, 5.74) is 0.293.